The molecule has 0 radical (unpaired) electrons. The van der Waals surface area contributed by atoms with E-state index < -0.39 is 11.7 Å². The summed E-state index contributed by atoms with van der Waals surface area (Å²) in [6.45, 7) is 2.95. The molecule has 1 atom stereocenters. The molecule has 1 fully saturated rings. The molecule has 10 heteroatoms. The number of carbonyl (C=O) groups excluding carboxylic acids is 1. The van der Waals surface area contributed by atoms with Gasteiger partial charge in [0.1, 0.15) is 5.82 Å². The third-order valence-electron chi connectivity index (χ3n) is 5.83. The van der Waals surface area contributed by atoms with Crippen LogP contribution < -0.4 is 21.3 Å². The molecule has 1 aromatic carbocycles. The monoisotopic (exact) mass is 448 g/mol. The number of nitrogens with zero attached hydrogens (tertiary/aromatic N) is 3. The normalized spacial score (nSPS) is 18.8. The van der Waals surface area contributed by atoms with Crippen LogP contribution in [-0.4, -0.2) is 35.0 Å². The highest BCUT2D eigenvalue weighted by Crippen LogP contribution is 2.35. The Balaban J connectivity index is 1.66. The van der Waals surface area contributed by atoms with Gasteiger partial charge in [0.2, 0.25) is 11.9 Å². The summed E-state index contributed by atoms with van der Waals surface area (Å²) in [5, 5.41) is 5.91. The number of piperidine rings is 1. The minimum absolute atomic E-state index is 0.00897. The number of amides is 1. The summed E-state index contributed by atoms with van der Waals surface area (Å²) in [6, 6.07) is 3.38. The lowest BCUT2D eigenvalue weighted by molar-refractivity contribution is -0.137. The van der Waals surface area contributed by atoms with Crippen LogP contribution in [0.5, 0.6) is 0 Å². The number of alkyl halides is 3. The Labute approximate surface area is 184 Å². The number of nitrogen functional groups attached to an aromatic ring is 1. The zero-order valence-corrected chi connectivity index (χ0v) is 17.9. The lowest BCUT2D eigenvalue weighted by Gasteiger charge is -2.36. The number of nitrogens with two attached hydrogens (primary N) is 1. The SMILES string of the molecule is CC(=O)N[C@@H]1CCCN(c2nc(Nc3cc(N)cc(C(F)(F)F)c3)nc3c2CCCC3)C1. The molecule has 7 nitrogen and oxygen atoms in total. The van der Waals surface area contributed by atoms with E-state index in [2.05, 4.69) is 20.5 Å². The first-order valence-electron chi connectivity index (χ1n) is 10.9. The zero-order chi connectivity index (χ0) is 22.9. The Bertz CT molecular complexity index is 1010. The topological polar surface area (TPSA) is 96.2 Å². The van der Waals surface area contributed by atoms with Gasteiger partial charge in [-0.2, -0.15) is 18.2 Å². The second kappa shape index (κ2) is 8.84. The van der Waals surface area contributed by atoms with Crippen molar-refractivity contribution in [2.75, 3.05) is 29.0 Å². The number of carbonyl (C=O) groups is 1. The summed E-state index contributed by atoms with van der Waals surface area (Å²) in [4.78, 5) is 23.0. The lowest BCUT2D eigenvalue weighted by Crippen LogP contribution is -2.48. The fourth-order valence-corrected chi connectivity index (χ4v) is 4.48. The highest BCUT2D eigenvalue weighted by atomic mass is 19.4. The maximum absolute atomic E-state index is 13.2. The van der Waals surface area contributed by atoms with Crippen LogP contribution in [0.3, 0.4) is 0 Å². The van der Waals surface area contributed by atoms with Crippen molar-refractivity contribution in [2.45, 2.75) is 57.7 Å². The van der Waals surface area contributed by atoms with Crippen molar-refractivity contribution >= 4 is 29.0 Å². The predicted molar refractivity (Wildman–Crippen MR) is 117 cm³/mol. The lowest BCUT2D eigenvalue weighted by atomic mass is 9.95. The van der Waals surface area contributed by atoms with Crippen molar-refractivity contribution in [3.05, 3.63) is 35.0 Å². The smallest absolute Gasteiger partial charge is 0.399 e. The van der Waals surface area contributed by atoms with Gasteiger partial charge < -0.3 is 21.3 Å². The van der Waals surface area contributed by atoms with E-state index in [0.29, 0.717) is 6.54 Å². The number of aryl methyl sites for hydroxylation is 1. The van der Waals surface area contributed by atoms with Crippen LogP contribution >= 0.6 is 0 Å². The van der Waals surface area contributed by atoms with Crippen LogP contribution in [0.4, 0.5) is 36.3 Å². The van der Waals surface area contributed by atoms with E-state index in [9.17, 15) is 18.0 Å². The largest absolute Gasteiger partial charge is 0.416 e. The number of rotatable bonds is 4. The number of aromatic nitrogens is 2. The summed E-state index contributed by atoms with van der Waals surface area (Å²) in [7, 11) is 0. The molecule has 4 rings (SSSR count). The number of benzene rings is 1. The van der Waals surface area contributed by atoms with Gasteiger partial charge in [-0.05, 0) is 56.7 Å². The van der Waals surface area contributed by atoms with E-state index in [1.165, 1.54) is 13.0 Å². The van der Waals surface area contributed by atoms with Crippen LogP contribution in [0.1, 0.15) is 49.4 Å². The second-order valence-corrected chi connectivity index (χ2v) is 8.46. The van der Waals surface area contributed by atoms with Crippen LogP contribution in [0.2, 0.25) is 0 Å². The molecule has 2 heterocycles. The molecule has 1 saturated heterocycles. The van der Waals surface area contributed by atoms with E-state index in [1.54, 1.807) is 0 Å². The van der Waals surface area contributed by atoms with Crippen LogP contribution in [0.25, 0.3) is 0 Å². The molecule has 4 N–H and O–H groups in total. The summed E-state index contributed by atoms with van der Waals surface area (Å²) in [5.41, 5.74) is 7.08. The second-order valence-electron chi connectivity index (χ2n) is 8.46. The predicted octanol–water partition coefficient (Wildman–Crippen LogP) is 3.80. The third-order valence-corrected chi connectivity index (χ3v) is 5.83. The van der Waals surface area contributed by atoms with Crippen molar-refractivity contribution in [1.29, 1.82) is 0 Å². The molecule has 2 aromatic rings. The summed E-state index contributed by atoms with van der Waals surface area (Å²) < 4.78 is 39.6. The van der Waals surface area contributed by atoms with E-state index in [0.717, 1.165) is 74.3 Å². The van der Waals surface area contributed by atoms with Crippen molar-refractivity contribution in [3.63, 3.8) is 0 Å². The third kappa shape index (κ3) is 5.05. The first-order valence-corrected chi connectivity index (χ1v) is 10.9. The van der Waals surface area contributed by atoms with Gasteiger partial charge in [-0.1, -0.05) is 0 Å². The molecular formula is C22H27F3N6O. The molecule has 0 spiro atoms. The molecule has 1 aromatic heterocycles. The van der Waals surface area contributed by atoms with Gasteiger partial charge in [0, 0.05) is 43.0 Å². The summed E-state index contributed by atoms with van der Waals surface area (Å²) in [6.07, 6.45) is 1.03. The fraction of sp³-hybridized carbons (Fsp3) is 0.500. The Morgan fingerprint density at radius 3 is 2.69 bits per heavy atom. The van der Waals surface area contributed by atoms with E-state index in [1.807, 2.05) is 0 Å². The average Bonchev–Trinajstić information content (AvgIpc) is 2.72. The fourth-order valence-electron chi connectivity index (χ4n) is 4.48. The quantitative estimate of drug-likeness (QED) is 0.616. The van der Waals surface area contributed by atoms with Gasteiger partial charge in [-0.3, -0.25) is 4.79 Å². The van der Waals surface area contributed by atoms with E-state index >= 15 is 0 Å². The number of hydrogen-bond acceptors (Lipinski definition) is 6. The van der Waals surface area contributed by atoms with Gasteiger partial charge in [0.15, 0.2) is 0 Å². The summed E-state index contributed by atoms with van der Waals surface area (Å²) in [5.74, 6) is 0.985. The number of hydrogen-bond donors (Lipinski definition) is 3. The highest BCUT2D eigenvalue weighted by molar-refractivity contribution is 5.73. The van der Waals surface area contributed by atoms with Gasteiger partial charge in [0.05, 0.1) is 11.3 Å². The zero-order valence-electron chi connectivity index (χ0n) is 17.9. The van der Waals surface area contributed by atoms with Crippen LogP contribution in [0.15, 0.2) is 18.2 Å². The minimum Gasteiger partial charge on any atom is -0.399 e. The molecule has 1 aliphatic carbocycles. The van der Waals surface area contributed by atoms with Crippen molar-refractivity contribution in [3.8, 4) is 0 Å². The van der Waals surface area contributed by atoms with Gasteiger partial charge in [-0.15, -0.1) is 0 Å². The average molecular weight is 448 g/mol. The Hall–Kier alpha value is -3.04. The first-order chi connectivity index (χ1) is 15.2. The number of anilines is 4. The molecule has 2 aliphatic rings. The van der Waals surface area contributed by atoms with E-state index in [4.69, 9.17) is 10.7 Å². The first kappa shape index (κ1) is 22.2. The van der Waals surface area contributed by atoms with Crippen molar-refractivity contribution in [2.24, 2.45) is 0 Å². The number of fused-ring (bicyclic) bond motifs is 1. The standard InChI is InChI=1S/C22H27F3N6O/c1-13(32)27-16-5-4-8-31(12-16)20-18-6-2-3-7-19(18)29-21(30-20)28-17-10-14(22(23,24)25)9-15(26)11-17/h9-11,16H,2-8,12,26H2,1H3,(H,27,32)(H,28,29,30)/t16-/m1/s1. The molecule has 32 heavy (non-hydrogen) atoms. The molecule has 0 bridgehead atoms. The Morgan fingerprint density at radius 2 is 1.94 bits per heavy atom. The molecule has 172 valence electrons. The maximum atomic E-state index is 13.2. The van der Waals surface area contributed by atoms with E-state index in [-0.39, 0.29) is 29.3 Å². The Morgan fingerprint density at radius 1 is 1.16 bits per heavy atom. The number of halogens is 3. The molecule has 1 amide bonds. The Kier molecular flexibility index (Phi) is 6.12. The van der Waals surface area contributed by atoms with Crippen molar-refractivity contribution < 1.29 is 18.0 Å². The molecule has 1 aliphatic heterocycles. The molecular weight excluding hydrogens is 421 g/mol. The number of nitrogens with one attached hydrogen (secondary N) is 2. The highest BCUT2D eigenvalue weighted by Gasteiger charge is 2.31. The molecule has 0 unspecified atom stereocenters. The minimum atomic E-state index is -4.50. The van der Waals surface area contributed by atoms with Crippen molar-refractivity contribution in [1.82, 2.24) is 15.3 Å². The van der Waals surface area contributed by atoms with Crippen LogP contribution in [-0.2, 0) is 23.8 Å². The summed E-state index contributed by atoms with van der Waals surface area (Å²) >= 11 is 0. The maximum Gasteiger partial charge on any atom is 0.416 e. The van der Waals surface area contributed by atoms with Crippen LogP contribution in [0, 0.1) is 0 Å². The molecule has 0 saturated carbocycles. The van der Waals surface area contributed by atoms with Gasteiger partial charge >= 0.3 is 6.18 Å². The van der Waals surface area contributed by atoms with Gasteiger partial charge in [0.25, 0.3) is 0 Å². The van der Waals surface area contributed by atoms with Gasteiger partial charge in [-0.25, -0.2) is 4.98 Å².